The number of nitrogens with zero attached hydrogens (tertiary/aromatic N) is 1. The van der Waals surface area contributed by atoms with E-state index in [0.29, 0.717) is 5.56 Å². The van der Waals surface area contributed by atoms with Crippen molar-refractivity contribution in [2.24, 2.45) is 23.7 Å². The standard InChI is InChI=1S/C20H24N2O3S/c1-4-5-12-8-11(9-26-12)18(23)21-22-19(24)16-13-6-7-14(15(13)10(2)3)17(16)20(22)25/h8-9,13-14,16-17H,4-7H2,1-3H3,(H,21,23)/t13-,14-,16-,17+/m1/s1. The lowest BCUT2D eigenvalue weighted by Gasteiger charge is -2.19. The van der Waals surface area contributed by atoms with Crippen LogP contribution < -0.4 is 5.43 Å². The van der Waals surface area contributed by atoms with Crippen molar-refractivity contribution in [3.63, 3.8) is 0 Å². The molecule has 0 radical (unpaired) electrons. The maximum atomic E-state index is 12.9. The molecule has 2 saturated carbocycles. The van der Waals surface area contributed by atoms with Gasteiger partial charge in [0.2, 0.25) is 0 Å². The number of allylic oxidation sites excluding steroid dienone is 2. The Labute approximate surface area is 157 Å². The highest BCUT2D eigenvalue weighted by atomic mass is 32.1. The van der Waals surface area contributed by atoms with Gasteiger partial charge in [-0.15, -0.1) is 11.3 Å². The van der Waals surface area contributed by atoms with Crippen molar-refractivity contribution in [2.45, 2.75) is 46.5 Å². The van der Waals surface area contributed by atoms with Crippen molar-refractivity contribution in [3.05, 3.63) is 33.0 Å². The van der Waals surface area contributed by atoms with E-state index in [9.17, 15) is 14.4 Å². The first-order valence-corrected chi connectivity index (χ1v) is 10.3. The van der Waals surface area contributed by atoms with Crippen molar-refractivity contribution in [1.82, 2.24) is 10.4 Å². The highest BCUT2D eigenvalue weighted by molar-refractivity contribution is 7.10. The molecule has 0 spiro atoms. The molecule has 0 aromatic carbocycles. The number of carbonyl (C=O) groups excluding carboxylic acids is 3. The van der Waals surface area contributed by atoms with Crippen LogP contribution in [-0.4, -0.2) is 22.7 Å². The molecular weight excluding hydrogens is 348 g/mol. The summed E-state index contributed by atoms with van der Waals surface area (Å²) in [6.07, 6.45) is 3.89. The highest BCUT2D eigenvalue weighted by Crippen LogP contribution is 2.59. The van der Waals surface area contributed by atoms with Crippen LogP contribution in [0.1, 0.15) is 55.3 Å². The number of rotatable bonds is 4. The zero-order valence-corrected chi connectivity index (χ0v) is 16.2. The molecule has 2 aliphatic carbocycles. The minimum atomic E-state index is -0.375. The molecule has 1 aromatic rings. The van der Waals surface area contributed by atoms with Gasteiger partial charge in [0.1, 0.15) is 0 Å². The summed E-state index contributed by atoms with van der Waals surface area (Å²) in [5, 5.41) is 2.79. The van der Waals surface area contributed by atoms with Crippen LogP contribution in [0.4, 0.5) is 0 Å². The van der Waals surface area contributed by atoms with Crippen LogP contribution >= 0.6 is 11.3 Å². The van der Waals surface area contributed by atoms with E-state index >= 15 is 0 Å². The van der Waals surface area contributed by atoms with E-state index < -0.39 is 0 Å². The lowest BCUT2D eigenvalue weighted by Crippen LogP contribution is -2.47. The molecule has 1 aromatic heterocycles. The number of carbonyl (C=O) groups is 3. The maximum absolute atomic E-state index is 12.9. The van der Waals surface area contributed by atoms with Gasteiger partial charge in [-0.25, -0.2) is 0 Å². The van der Waals surface area contributed by atoms with Gasteiger partial charge in [0.05, 0.1) is 17.4 Å². The molecule has 4 rings (SSSR count). The van der Waals surface area contributed by atoms with Crippen LogP contribution in [0.25, 0.3) is 0 Å². The lowest BCUT2D eigenvalue weighted by molar-refractivity contribution is -0.143. The molecule has 0 unspecified atom stereocenters. The number of thiophene rings is 1. The molecule has 1 N–H and O–H groups in total. The maximum Gasteiger partial charge on any atom is 0.271 e. The van der Waals surface area contributed by atoms with Gasteiger partial charge in [-0.05, 0) is 51.0 Å². The molecule has 2 heterocycles. The van der Waals surface area contributed by atoms with Crippen molar-refractivity contribution in [2.75, 3.05) is 0 Å². The Balaban J connectivity index is 1.53. The van der Waals surface area contributed by atoms with Crippen LogP contribution in [-0.2, 0) is 16.0 Å². The summed E-state index contributed by atoms with van der Waals surface area (Å²) < 4.78 is 0. The number of nitrogens with one attached hydrogen (secondary N) is 1. The summed E-state index contributed by atoms with van der Waals surface area (Å²) in [6, 6.07) is 1.85. The molecule has 26 heavy (non-hydrogen) atoms. The van der Waals surface area contributed by atoms with E-state index in [-0.39, 0.29) is 41.4 Å². The van der Waals surface area contributed by atoms with Crippen molar-refractivity contribution in [1.29, 1.82) is 0 Å². The normalized spacial score (nSPS) is 29.5. The first kappa shape index (κ1) is 17.5. The van der Waals surface area contributed by atoms with E-state index in [1.165, 1.54) is 22.5 Å². The molecule has 3 amide bonds. The average molecular weight is 372 g/mol. The summed E-state index contributed by atoms with van der Waals surface area (Å²) in [5.41, 5.74) is 5.65. The van der Waals surface area contributed by atoms with Crippen molar-refractivity contribution < 1.29 is 14.4 Å². The topological polar surface area (TPSA) is 66.5 Å². The van der Waals surface area contributed by atoms with Gasteiger partial charge in [-0.1, -0.05) is 24.5 Å². The summed E-state index contributed by atoms with van der Waals surface area (Å²) in [4.78, 5) is 39.5. The second kappa shape index (κ2) is 6.34. The van der Waals surface area contributed by atoms with Crippen LogP contribution in [0.2, 0.25) is 0 Å². The van der Waals surface area contributed by atoms with Gasteiger partial charge < -0.3 is 0 Å². The van der Waals surface area contributed by atoms with Gasteiger partial charge >= 0.3 is 0 Å². The minimum absolute atomic E-state index is 0.172. The van der Waals surface area contributed by atoms with Crippen LogP contribution in [0.15, 0.2) is 22.6 Å². The fraction of sp³-hybridized carbons (Fsp3) is 0.550. The van der Waals surface area contributed by atoms with E-state index in [2.05, 4.69) is 26.2 Å². The van der Waals surface area contributed by atoms with Crippen molar-refractivity contribution >= 4 is 29.1 Å². The Morgan fingerprint density at radius 3 is 2.35 bits per heavy atom. The van der Waals surface area contributed by atoms with E-state index in [1.807, 2.05) is 6.07 Å². The smallest absolute Gasteiger partial charge is 0.271 e. The van der Waals surface area contributed by atoms with Gasteiger partial charge in [-0.2, -0.15) is 5.01 Å². The molecule has 3 aliphatic rings. The molecular formula is C20H24N2O3S. The monoisotopic (exact) mass is 372 g/mol. The Morgan fingerprint density at radius 1 is 1.19 bits per heavy atom. The van der Waals surface area contributed by atoms with Gasteiger partial charge in [-0.3, -0.25) is 19.8 Å². The van der Waals surface area contributed by atoms with Crippen LogP contribution in [0, 0.1) is 23.7 Å². The second-order valence-electron chi connectivity index (χ2n) is 7.80. The zero-order valence-electron chi connectivity index (χ0n) is 15.4. The fourth-order valence-corrected chi connectivity index (χ4v) is 6.12. The van der Waals surface area contributed by atoms with Gasteiger partial charge in [0.25, 0.3) is 17.7 Å². The number of hydrogen-bond donors (Lipinski definition) is 1. The van der Waals surface area contributed by atoms with E-state index in [1.54, 1.807) is 5.38 Å². The third-order valence-corrected chi connectivity index (χ3v) is 7.05. The predicted octanol–water partition coefficient (Wildman–Crippen LogP) is 3.32. The molecule has 4 atom stereocenters. The molecule has 6 heteroatoms. The average Bonchev–Trinajstić information content (AvgIpc) is 3.34. The van der Waals surface area contributed by atoms with Crippen molar-refractivity contribution in [3.8, 4) is 0 Å². The summed E-state index contributed by atoms with van der Waals surface area (Å²) in [5.74, 6) is -1.07. The molecule has 5 nitrogen and oxygen atoms in total. The highest BCUT2D eigenvalue weighted by Gasteiger charge is 2.63. The fourth-order valence-electron chi connectivity index (χ4n) is 5.14. The lowest BCUT2D eigenvalue weighted by atomic mass is 9.81. The number of aryl methyl sites for hydroxylation is 1. The van der Waals surface area contributed by atoms with Crippen LogP contribution in [0.3, 0.4) is 0 Å². The third kappa shape index (κ3) is 2.46. The quantitative estimate of drug-likeness (QED) is 0.651. The third-order valence-electron chi connectivity index (χ3n) is 6.06. The first-order chi connectivity index (χ1) is 12.4. The largest absolute Gasteiger partial charge is 0.272 e. The van der Waals surface area contributed by atoms with Gasteiger partial charge in [0.15, 0.2) is 0 Å². The number of imide groups is 1. The number of hydrazine groups is 1. The van der Waals surface area contributed by atoms with Gasteiger partial charge in [0, 0.05) is 10.3 Å². The Morgan fingerprint density at radius 2 is 1.81 bits per heavy atom. The summed E-state index contributed by atoms with van der Waals surface area (Å²) in [6.45, 7) is 6.23. The number of amides is 3. The molecule has 1 saturated heterocycles. The molecule has 138 valence electrons. The SMILES string of the molecule is CCCc1cc(C(=O)NN2C(=O)[C@@H]3[C@H](C2=O)[C@@H]2CC[C@@H]3C2=C(C)C)cs1. The summed E-state index contributed by atoms with van der Waals surface area (Å²) >= 11 is 1.54. The molecule has 1 aliphatic heterocycles. The summed E-state index contributed by atoms with van der Waals surface area (Å²) in [7, 11) is 0. The Kier molecular flexibility index (Phi) is 4.26. The minimum Gasteiger partial charge on any atom is -0.272 e. The molecule has 3 fully saturated rings. The van der Waals surface area contributed by atoms with E-state index in [0.717, 1.165) is 35.6 Å². The Bertz CT molecular complexity index is 789. The molecule has 2 bridgehead atoms. The number of fused-ring (bicyclic) bond motifs is 5. The number of hydrogen-bond acceptors (Lipinski definition) is 4. The van der Waals surface area contributed by atoms with Crippen LogP contribution in [0.5, 0.6) is 0 Å². The first-order valence-electron chi connectivity index (χ1n) is 9.37. The Hall–Kier alpha value is -1.95. The zero-order chi connectivity index (χ0) is 18.6. The van der Waals surface area contributed by atoms with E-state index in [4.69, 9.17) is 0 Å². The predicted molar refractivity (Wildman–Crippen MR) is 99.2 cm³/mol. The second-order valence-corrected chi connectivity index (χ2v) is 8.80.